The molecule has 2 amide bonds. The Hall–Kier alpha value is -2.21. The van der Waals surface area contributed by atoms with Gasteiger partial charge in [-0.25, -0.2) is 14.8 Å². The normalized spacial score (nSPS) is 10.6. The summed E-state index contributed by atoms with van der Waals surface area (Å²) in [5, 5.41) is 11.4. The number of nitrogens with one attached hydrogen (secondary N) is 1. The number of urea groups is 1. The second-order valence-corrected chi connectivity index (χ2v) is 3.91. The van der Waals surface area contributed by atoms with Crippen molar-refractivity contribution in [2.45, 2.75) is 13.3 Å². The molecule has 6 heteroatoms. The average molecular weight is 246 g/mol. The average Bonchev–Trinajstić information content (AvgIpc) is 2.31. The lowest BCUT2D eigenvalue weighted by molar-refractivity contribution is 0.259. The summed E-state index contributed by atoms with van der Waals surface area (Å²) in [6.45, 7) is 1.78. The van der Waals surface area contributed by atoms with Gasteiger partial charge in [0.25, 0.3) is 0 Å². The van der Waals surface area contributed by atoms with E-state index in [0.29, 0.717) is 23.4 Å². The first-order chi connectivity index (χ1) is 8.61. The summed E-state index contributed by atoms with van der Waals surface area (Å²) in [6.07, 6.45) is 0.491. The van der Waals surface area contributed by atoms with Gasteiger partial charge in [0.1, 0.15) is 0 Å². The van der Waals surface area contributed by atoms with Crippen molar-refractivity contribution in [3.8, 4) is 0 Å². The highest BCUT2D eigenvalue weighted by atomic mass is 16.3. The largest absolute Gasteiger partial charge is 0.396 e. The van der Waals surface area contributed by atoms with Crippen molar-refractivity contribution in [3.05, 3.63) is 29.5 Å². The number of aliphatic hydroxyl groups excluding tert-OH is 1. The van der Waals surface area contributed by atoms with E-state index < -0.39 is 6.03 Å². The van der Waals surface area contributed by atoms with E-state index in [9.17, 15) is 4.79 Å². The highest BCUT2D eigenvalue weighted by Crippen LogP contribution is 2.20. The first-order valence-electron chi connectivity index (χ1n) is 5.55. The number of amides is 2. The number of carbonyl (C=O) groups is 1. The van der Waals surface area contributed by atoms with E-state index >= 15 is 0 Å². The van der Waals surface area contributed by atoms with Crippen LogP contribution in [0.2, 0.25) is 0 Å². The van der Waals surface area contributed by atoms with Crippen LogP contribution in [0.5, 0.6) is 0 Å². The third-order valence-corrected chi connectivity index (χ3v) is 2.58. The van der Waals surface area contributed by atoms with Crippen LogP contribution in [0, 0.1) is 6.92 Å². The Bertz CT molecular complexity index is 598. The van der Waals surface area contributed by atoms with E-state index in [2.05, 4.69) is 15.3 Å². The number of hydrogen-bond donors (Lipinski definition) is 3. The first kappa shape index (κ1) is 12.3. The standard InChI is InChI=1S/C12H14N4O2/c1-7-11(16-12(13)18)15-10-8(5-6-17)3-2-4-9(10)14-7/h2-4,17H,5-6H2,1H3,(H3,13,15,16,18). The molecule has 0 fully saturated rings. The van der Waals surface area contributed by atoms with Gasteiger partial charge in [-0.05, 0) is 25.0 Å². The maximum absolute atomic E-state index is 10.9. The van der Waals surface area contributed by atoms with Gasteiger partial charge in [0.2, 0.25) is 0 Å². The minimum Gasteiger partial charge on any atom is -0.396 e. The molecule has 94 valence electrons. The molecule has 0 saturated heterocycles. The third-order valence-electron chi connectivity index (χ3n) is 2.58. The fourth-order valence-corrected chi connectivity index (χ4v) is 1.78. The van der Waals surface area contributed by atoms with Crippen LogP contribution in [0.1, 0.15) is 11.3 Å². The fraction of sp³-hybridized carbons (Fsp3) is 0.250. The lowest BCUT2D eigenvalue weighted by atomic mass is 10.1. The minimum absolute atomic E-state index is 0.0350. The molecule has 1 aromatic carbocycles. The Morgan fingerprint density at radius 3 is 2.89 bits per heavy atom. The van der Waals surface area contributed by atoms with Crippen molar-refractivity contribution in [3.63, 3.8) is 0 Å². The van der Waals surface area contributed by atoms with Gasteiger partial charge in [0.15, 0.2) is 5.82 Å². The van der Waals surface area contributed by atoms with Crippen LogP contribution in [0.25, 0.3) is 11.0 Å². The van der Waals surface area contributed by atoms with Crippen molar-refractivity contribution >= 4 is 22.9 Å². The Labute approximate surface area is 104 Å². The number of rotatable bonds is 3. The number of aryl methyl sites for hydroxylation is 1. The van der Waals surface area contributed by atoms with E-state index in [1.165, 1.54) is 0 Å². The molecule has 0 aliphatic heterocycles. The van der Waals surface area contributed by atoms with E-state index in [1.807, 2.05) is 18.2 Å². The van der Waals surface area contributed by atoms with Crippen molar-refractivity contribution < 1.29 is 9.90 Å². The quantitative estimate of drug-likeness (QED) is 0.750. The number of aliphatic hydroxyl groups is 1. The van der Waals surface area contributed by atoms with Crippen LogP contribution >= 0.6 is 0 Å². The summed E-state index contributed by atoms with van der Waals surface area (Å²) in [5.74, 6) is 0.348. The molecular weight excluding hydrogens is 232 g/mol. The summed E-state index contributed by atoms with van der Waals surface area (Å²) in [5.41, 5.74) is 7.96. The van der Waals surface area contributed by atoms with Gasteiger partial charge in [0.05, 0.1) is 16.7 Å². The number of nitrogens with zero attached hydrogens (tertiary/aromatic N) is 2. The van der Waals surface area contributed by atoms with Gasteiger partial charge in [-0.1, -0.05) is 12.1 Å². The Kier molecular flexibility index (Phi) is 3.38. The van der Waals surface area contributed by atoms with Crippen molar-refractivity contribution in [1.29, 1.82) is 0 Å². The molecule has 1 aromatic heterocycles. The monoisotopic (exact) mass is 246 g/mol. The van der Waals surface area contributed by atoms with Crippen LogP contribution in [0.4, 0.5) is 10.6 Å². The molecule has 0 spiro atoms. The van der Waals surface area contributed by atoms with Crippen molar-refractivity contribution in [2.75, 3.05) is 11.9 Å². The number of benzene rings is 1. The van der Waals surface area contributed by atoms with Crippen molar-refractivity contribution in [1.82, 2.24) is 9.97 Å². The van der Waals surface area contributed by atoms with E-state index in [0.717, 1.165) is 11.1 Å². The topological polar surface area (TPSA) is 101 Å². The minimum atomic E-state index is -0.675. The van der Waals surface area contributed by atoms with Gasteiger partial charge >= 0.3 is 6.03 Å². The van der Waals surface area contributed by atoms with Gasteiger partial charge in [-0.3, -0.25) is 5.32 Å². The predicted molar refractivity (Wildman–Crippen MR) is 68.3 cm³/mol. The van der Waals surface area contributed by atoms with Crippen LogP contribution in [-0.2, 0) is 6.42 Å². The molecule has 1 heterocycles. The summed E-state index contributed by atoms with van der Waals surface area (Å²) < 4.78 is 0. The van der Waals surface area contributed by atoms with E-state index in [1.54, 1.807) is 6.92 Å². The van der Waals surface area contributed by atoms with E-state index in [4.69, 9.17) is 10.8 Å². The number of fused-ring (bicyclic) bond motifs is 1. The number of aromatic nitrogens is 2. The third kappa shape index (κ3) is 2.38. The maximum atomic E-state index is 10.9. The van der Waals surface area contributed by atoms with Crippen LogP contribution in [-0.4, -0.2) is 27.7 Å². The van der Waals surface area contributed by atoms with Gasteiger partial charge in [-0.15, -0.1) is 0 Å². The Balaban J connectivity index is 2.58. The molecule has 0 atom stereocenters. The summed E-state index contributed by atoms with van der Waals surface area (Å²) in [6, 6.07) is 4.90. The molecule has 6 nitrogen and oxygen atoms in total. The summed E-state index contributed by atoms with van der Waals surface area (Å²) in [7, 11) is 0. The number of hydrogen-bond acceptors (Lipinski definition) is 4. The smallest absolute Gasteiger partial charge is 0.317 e. The number of carbonyl (C=O) groups excluding carboxylic acids is 1. The molecule has 0 bridgehead atoms. The Morgan fingerprint density at radius 1 is 1.44 bits per heavy atom. The van der Waals surface area contributed by atoms with Crippen LogP contribution in [0.3, 0.4) is 0 Å². The number of primary amides is 1. The fourth-order valence-electron chi connectivity index (χ4n) is 1.78. The molecule has 18 heavy (non-hydrogen) atoms. The molecule has 2 rings (SSSR count). The number of anilines is 1. The molecule has 0 radical (unpaired) electrons. The number of para-hydroxylation sites is 1. The van der Waals surface area contributed by atoms with Crippen molar-refractivity contribution in [2.24, 2.45) is 5.73 Å². The lowest BCUT2D eigenvalue weighted by Gasteiger charge is -2.09. The zero-order chi connectivity index (χ0) is 13.1. The maximum Gasteiger partial charge on any atom is 0.317 e. The molecular formula is C12H14N4O2. The zero-order valence-corrected chi connectivity index (χ0v) is 9.97. The summed E-state index contributed by atoms with van der Waals surface area (Å²) >= 11 is 0. The van der Waals surface area contributed by atoms with Gasteiger partial charge in [-0.2, -0.15) is 0 Å². The van der Waals surface area contributed by atoms with E-state index in [-0.39, 0.29) is 6.61 Å². The molecule has 0 unspecified atom stereocenters. The predicted octanol–water partition coefficient (Wildman–Crippen LogP) is 0.964. The second kappa shape index (κ2) is 4.97. The zero-order valence-electron chi connectivity index (χ0n) is 9.97. The molecule has 2 aromatic rings. The molecule has 0 aliphatic carbocycles. The molecule has 0 saturated carbocycles. The Morgan fingerprint density at radius 2 is 2.22 bits per heavy atom. The number of nitrogens with two attached hydrogens (primary N) is 1. The van der Waals surface area contributed by atoms with Gasteiger partial charge in [0, 0.05) is 6.61 Å². The lowest BCUT2D eigenvalue weighted by Crippen LogP contribution is -2.21. The van der Waals surface area contributed by atoms with Crippen LogP contribution < -0.4 is 11.1 Å². The highest BCUT2D eigenvalue weighted by Gasteiger charge is 2.09. The second-order valence-electron chi connectivity index (χ2n) is 3.91. The SMILES string of the molecule is Cc1nc2cccc(CCO)c2nc1NC(N)=O. The summed E-state index contributed by atoms with van der Waals surface area (Å²) in [4.78, 5) is 19.6. The van der Waals surface area contributed by atoms with Gasteiger partial charge < -0.3 is 10.8 Å². The molecule has 4 N–H and O–H groups in total. The highest BCUT2D eigenvalue weighted by molar-refractivity contribution is 5.89. The van der Waals surface area contributed by atoms with Crippen LogP contribution in [0.15, 0.2) is 18.2 Å². The first-order valence-corrected chi connectivity index (χ1v) is 5.55. The molecule has 0 aliphatic rings.